The average Bonchev–Trinajstić information content (AvgIpc) is 3.52. The lowest BCUT2D eigenvalue weighted by atomic mass is 9.99. The van der Waals surface area contributed by atoms with Crippen LogP contribution in [0.3, 0.4) is 0 Å². The van der Waals surface area contributed by atoms with Crippen LogP contribution in [0.4, 0.5) is 0 Å². The van der Waals surface area contributed by atoms with Crippen LogP contribution >= 0.6 is 0 Å². The quantitative estimate of drug-likeness (QED) is 0.184. The summed E-state index contributed by atoms with van der Waals surface area (Å²) in [6.45, 7) is 0. The van der Waals surface area contributed by atoms with Gasteiger partial charge in [0.25, 0.3) is 0 Å². The smallest absolute Gasteiger partial charge is 0.164 e. The molecule has 230 valence electrons. The summed E-state index contributed by atoms with van der Waals surface area (Å²) in [5.74, 6) is 1.84. The molecule has 0 atom stereocenters. The van der Waals surface area contributed by atoms with Gasteiger partial charge in [-0.3, -0.25) is 4.98 Å². The fourth-order valence-electron chi connectivity index (χ4n) is 6.62. The Morgan fingerprint density at radius 1 is 0.367 bits per heavy atom. The number of aromatic nitrogens is 5. The number of pyridine rings is 1. The first-order valence-corrected chi connectivity index (χ1v) is 16.3. The second-order valence-corrected chi connectivity index (χ2v) is 12.0. The van der Waals surface area contributed by atoms with Crippen molar-refractivity contribution in [2.24, 2.45) is 0 Å². The van der Waals surface area contributed by atoms with Crippen molar-refractivity contribution in [3.8, 4) is 62.1 Å². The molecular formula is C44H29N5. The van der Waals surface area contributed by atoms with Crippen molar-refractivity contribution < 1.29 is 0 Å². The molecule has 6 aromatic carbocycles. The van der Waals surface area contributed by atoms with Crippen LogP contribution < -0.4 is 0 Å². The van der Waals surface area contributed by atoms with Gasteiger partial charge < -0.3 is 4.57 Å². The minimum atomic E-state index is 0.598. The van der Waals surface area contributed by atoms with Gasteiger partial charge in [0, 0.05) is 51.1 Å². The Labute approximate surface area is 283 Å². The third kappa shape index (κ3) is 5.24. The lowest BCUT2D eigenvalue weighted by Crippen LogP contribution is -2.02. The van der Waals surface area contributed by atoms with Crippen LogP contribution in [0, 0.1) is 0 Å². The fourth-order valence-corrected chi connectivity index (χ4v) is 6.62. The molecule has 0 amide bonds. The monoisotopic (exact) mass is 627 g/mol. The van der Waals surface area contributed by atoms with E-state index in [1.165, 1.54) is 21.9 Å². The molecule has 0 saturated heterocycles. The number of hydrogen-bond donors (Lipinski definition) is 0. The Bertz CT molecular complexity index is 2520. The third-order valence-corrected chi connectivity index (χ3v) is 8.95. The van der Waals surface area contributed by atoms with E-state index in [4.69, 9.17) is 15.0 Å². The van der Waals surface area contributed by atoms with Gasteiger partial charge in [-0.1, -0.05) is 127 Å². The van der Waals surface area contributed by atoms with Crippen molar-refractivity contribution in [2.75, 3.05) is 0 Å². The van der Waals surface area contributed by atoms with E-state index in [0.29, 0.717) is 17.5 Å². The molecule has 0 radical (unpaired) electrons. The summed E-state index contributed by atoms with van der Waals surface area (Å²) >= 11 is 0. The van der Waals surface area contributed by atoms with E-state index >= 15 is 0 Å². The second-order valence-electron chi connectivity index (χ2n) is 12.0. The Balaban J connectivity index is 1.30. The molecule has 9 rings (SSSR count). The molecule has 3 aromatic heterocycles. The van der Waals surface area contributed by atoms with Gasteiger partial charge in [0.15, 0.2) is 17.5 Å². The zero-order chi connectivity index (χ0) is 32.6. The summed E-state index contributed by atoms with van der Waals surface area (Å²) in [5, 5.41) is 2.40. The maximum absolute atomic E-state index is 5.13. The van der Waals surface area contributed by atoms with E-state index in [0.717, 1.165) is 44.5 Å². The molecule has 0 aliphatic heterocycles. The van der Waals surface area contributed by atoms with Crippen LogP contribution in [0.2, 0.25) is 0 Å². The number of fused-ring (bicyclic) bond motifs is 3. The van der Waals surface area contributed by atoms with Crippen molar-refractivity contribution >= 4 is 21.8 Å². The Kier molecular flexibility index (Phi) is 7.06. The maximum Gasteiger partial charge on any atom is 0.164 e. The van der Waals surface area contributed by atoms with Crippen LogP contribution in [-0.4, -0.2) is 24.5 Å². The minimum absolute atomic E-state index is 0.598. The molecule has 0 N–H and O–H groups in total. The summed E-state index contributed by atoms with van der Waals surface area (Å²) in [7, 11) is 0. The molecule has 5 heteroatoms. The molecular weight excluding hydrogens is 599 g/mol. The van der Waals surface area contributed by atoms with Gasteiger partial charge in [0.1, 0.15) is 0 Å². The molecule has 0 aliphatic carbocycles. The highest BCUT2D eigenvalue weighted by Gasteiger charge is 2.19. The number of para-hydroxylation sites is 1. The first kappa shape index (κ1) is 28.5. The van der Waals surface area contributed by atoms with Crippen LogP contribution in [0.25, 0.3) is 83.9 Å². The van der Waals surface area contributed by atoms with Gasteiger partial charge in [-0.05, 0) is 53.1 Å². The molecule has 0 unspecified atom stereocenters. The van der Waals surface area contributed by atoms with Crippen LogP contribution in [0.15, 0.2) is 176 Å². The first-order chi connectivity index (χ1) is 24.3. The molecule has 0 spiro atoms. The van der Waals surface area contributed by atoms with E-state index in [1.807, 2.05) is 72.9 Å². The minimum Gasteiger partial charge on any atom is -0.309 e. The molecule has 0 aliphatic rings. The number of nitrogens with zero attached hydrogens (tertiary/aromatic N) is 5. The number of hydrogen-bond acceptors (Lipinski definition) is 4. The predicted octanol–water partition coefficient (Wildman–Crippen LogP) is 10.7. The Morgan fingerprint density at radius 2 is 0.959 bits per heavy atom. The molecule has 0 fully saturated rings. The highest BCUT2D eigenvalue weighted by atomic mass is 15.0. The summed E-state index contributed by atoms with van der Waals surface area (Å²) < 4.78 is 2.34. The zero-order valence-electron chi connectivity index (χ0n) is 26.5. The first-order valence-electron chi connectivity index (χ1n) is 16.3. The normalized spacial score (nSPS) is 11.3. The predicted molar refractivity (Wildman–Crippen MR) is 199 cm³/mol. The molecule has 9 aromatic rings. The van der Waals surface area contributed by atoms with Crippen molar-refractivity contribution in [1.29, 1.82) is 0 Å². The SMILES string of the molecule is c1ccc(-c2ccc3c(c2)c2ccccc2n3-c2ccc(-c3cccnc3)c(-c3nc(-c4ccccc4)nc(-c4ccccc4)n3)c2)cc1. The largest absolute Gasteiger partial charge is 0.309 e. The maximum atomic E-state index is 5.13. The van der Waals surface area contributed by atoms with Crippen molar-refractivity contribution in [2.45, 2.75) is 0 Å². The highest BCUT2D eigenvalue weighted by molar-refractivity contribution is 6.10. The standard InChI is InChI=1S/C44H29N5/c1-4-13-30(14-5-1)33-22-25-41-38(27-33)37-20-10-11-21-40(37)49(41)35-23-24-36(34-19-12-26-45-29-34)39(28-35)44-47-42(31-15-6-2-7-16-31)46-43(48-44)32-17-8-3-9-18-32/h1-29H. The third-order valence-electron chi connectivity index (χ3n) is 8.95. The molecule has 3 heterocycles. The van der Waals surface area contributed by atoms with Crippen molar-refractivity contribution in [3.05, 3.63) is 176 Å². The van der Waals surface area contributed by atoms with E-state index in [2.05, 4.69) is 107 Å². The van der Waals surface area contributed by atoms with E-state index < -0.39 is 0 Å². The van der Waals surface area contributed by atoms with Crippen LogP contribution in [-0.2, 0) is 0 Å². The Hall–Kier alpha value is -6.72. The van der Waals surface area contributed by atoms with Gasteiger partial charge in [-0.25, -0.2) is 15.0 Å². The van der Waals surface area contributed by atoms with Gasteiger partial charge in [0.05, 0.1) is 11.0 Å². The summed E-state index contributed by atoms with van der Waals surface area (Å²) in [6.07, 6.45) is 3.69. The molecule has 0 saturated carbocycles. The van der Waals surface area contributed by atoms with Crippen molar-refractivity contribution in [1.82, 2.24) is 24.5 Å². The highest BCUT2D eigenvalue weighted by Crippen LogP contribution is 2.38. The van der Waals surface area contributed by atoms with E-state index in [-0.39, 0.29) is 0 Å². The summed E-state index contributed by atoms with van der Waals surface area (Å²) in [4.78, 5) is 19.7. The lowest BCUT2D eigenvalue weighted by Gasteiger charge is -2.15. The topological polar surface area (TPSA) is 56.5 Å². The van der Waals surface area contributed by atoms with Gasteiger partial charge in [-0.15, -0.1) is 0 Å². The van der Waals surface area contributed by atoms with Crippen LogP contribution in [0.1, 0.15) is 0 Å². The van der Waals surface area contributed by atoms with Crippen molar-refractivity contribution in [3.63, 3.8) is 0 Å². The average molecular weight is 628 g/mol. The van der Waals surface area contributed by atoms with Gasteiger partial charge in [0.2, 0.25) is 0 Å². The number of benzene rings is 6. The Morgan fingerprint density at radius 3 is 1.63 bits per heavy atom. The molecule has 49 heavy (non-hydrogen) atoms. The van der Waals surface area contributed by atoms with Gasteiger partial charge >= 0.3 is 0 Å². The van der Waals surface area contributed by atoms with E-state index in [9.17, 15) is 0 Å². The lowest BCUT2D eigenvalue weighted by molar-refractivity contribution is 1.07. The number of rotatable bonds is 6. The molecule has 0 bridgehead atoms. The second kappa shape index (κ2) is 12.1. The summed E-state index contributed by atoms with van der Waals surface area (Å²) in [6, 6.07) is 56.7. The zero-order valence-corrected chi connectivity index (χ0v) is 26.5. The van der Waals surface area contributed by atoms with Gasteiger partial charge in [-0.2, -0.15) is 0 Å². The fraction of sp³-hybridized carbons (Fsp3) is 0. The summed E-state index contributed by atoms with van der Waals surface area (Å²) in [5.41, 5.74) is 10.4. The van der Waals surface area contributed by atoms with E-state index in [1.54, 1.807) is 6.20 Å². The van der Waals surface area contributed by atoms with Crippen LogP contribution in [0.5, 0.6) is 0 Å². The molecule has 5 nitrogen and oxygen atoms in total.